The van der Waals surface area contributed by atoms with Crippen LogP contribution in [0.25, 0.3) is 22.6 Å². The van der Waals surface area contributed by atoms with E-state index in [-0.39, 0.29) is 5.91 Å². The van der Waals surface area contributed by atoms with Gasteiger partial charge in [-0.05, 0) is 42.0 Å². The fourth-order valence-corrected chi connectivity index (χ4v) is 3.60. The van der Waals surface area contributed by atoms with Crippen LogP contribution >= 0.6 is 11.6 Å². The number of carbonyl (C=O) groups excluding carboxylic acids is 1. The third kappa shape index (κ3) is 4.82. The summed E-state index contributed by atoms with van der Waals surface area (Å²) in [4.78, 5) is 24.7. The van der Waals surface area contributed by atoms with Gasteiger partial charge >= 0.3 is 0 Å². The molecule has 0 saturated carbocycles. The lowest BCUT2D eigenvalue weighted by Gasteiger charge is -2.09. The van der Waals surface area contributed by atoms with Gasteiger partial charge in [0.2, 0.25) is 5.88 Å². The molecule has 0 saturated heterocycles. The number of benzene rings is 3. The molecule has 0 aliphatic heterocycles. The van der Waals surface area contributed by atoms with Crippen LogP contribution in [0.15, 0.2) is 103 Å². The summed E-state index contributed by atoms with van der Waals surface area (Å²) in [7, 11) is 0. The molecule has 0 unspecified atom stereocenters. The minimum atomic E-state index is -0.295. The number of aromatic nitrogens is 3. The molecule has 5 aromatic rings. The van der Waals surface area contributed by atoms with Crippen molar-refractivity contribution in [2.45, 2.75) is 0 Å². The number of halogens is 1. The molecule has 0 aliphatic rings. The van der Waals surface area contributed by atoms with Crippen LogP contribution in [-0.2, 0) is 0 Å². The maximum Gasteiger partial charge on any atom is 0.257 e. The van der Waals surface area contributed by atoms with Gasteiger partial charge in [0, 0.05) is 23.5 Å². The number of anilines is 1. The predicted octanol–water partition coefficient (Wildman–Crippen LogP) is 6.84. The first-order valence-corrected chi connectivity index (χ1v) is 10.9. The summed E-state index contributed by atoms with van der Waals surface area (Å²) in [6, 6.07) is 27.8. The Morgan fingerprint density at radius 2 is 1.62 bits per heavy atom. The summed E-state index contributed by atoms with van der Waals surface area (Å²) in [6.07, 6.45) is 3.24. The lowest BCUT2D eigenvalue weighted by atomic mass is 10.1. The van der Waals surface area contributed by atoms with Crippen molar-refractivity contribution < 1.29 is 9.53 Å². The van der Waals surface area contributed by atoms with E-state index in [4.69, 9.17) is 16.3 Å². The molecule has 0 atom stereocenters. The van der Waals surface area contributed by atoms with Gasteiger partial charge in [-0.2, -0.15) is 0 Å². The zero-order valence-corrected chi connectivity index (χ0v) is 18.7. The van der Waals surface area contributed by atoms with E-state index in [0.717, 1.165) is 11.3 Å². The molecule has 0 spiro atoms. The highest BCUT2D eigenvalue weighted by atomic mass is 35.5. The number of nitrogens with zero attached hydrogens (tertiary/aromatic N) is 2. The molecule has 166 valence electrons. The Morgan fingerprint density at radius 3 is 2.35 bits per heavy atom. The number of rotatable bonds is 6. The van der Waals surface area contributed by atoms with Gasteiger partial charge in [0.1, 0.15) is 11.6 Å². The van der Waals surface area contributed by atoms with Crippen molar-refractivity contribution in [3.8, 4) is 34.3 Å². The van der Waals surface area contributed by atoms with E-state index in [9.17, 15) is 4.79 Å². The van der Waals surface area contributed by atoms with Crippen LogP contribution < -0.4 is 10.1 Å². The van der Waals surface area contributed by atoms with E-state index in [1.54, 1.807) is 36.5 Å². The van der Waals surface area contributed by atoms with Gasteiger partial charge in [-0.3, -0.25) is 4.79 Å². The average molecular weight is 467 g/mol. The normalized spacial score (nSPS) is 10.6. The number of hydrogen-bond acceptors (Lipinski definition) is 4. The molecular weight excluding hydrogens is 448 g/mol. The molecule has 2 aromatic heterocycles. The number of pyridine rings is 1. The van der Waals surface area contributed by atoms with Crippen LogP contribution in [0.5, 0.6) is 11.6 Å². The molecule has 5 rings (SSSR count). The number of para-hydroxylation sites is 1. The Labute approximate surface area is 201 Å². The molecule has 2 N–H and O–H groups in total. The lowest BCUT2D eigenvalue weighted by Crippen LogP contribution is -2.12. The van der Waals surface area contributed by atoms with Gasteiger partial charge in [0.15, 0.2) is 0 Å². The molecule has 7 heteroatoms. The highest BCUT2D eigenvalue weighted by Crippen LogP contribution is 2.30. The SMILES string of the molecule is O=C(Nc1ccc(Cl)c(-c2ncc(-c3ccccc3)[nH]2)c1)c1ccc(Oc2ccccc2)nc1. The smallest absolute Gasteiger partial charge is 0.257 e. The van der Waals surface area contributed by atoms with Gasteiger partial charge in [-0.25, -0.2) is 9.97 Å². The molecule has 0 aliphatic carbocycles. The first-order chi connectivity index (χ1) is 16.7. The number of nitrogens with one attached hydrogen (secondary N) is 2. The van der Waals surface area contributed by atoms with E-state index in [0.29, 0.717) is 39.3 Å². The van der Waals surface area contributed by atoms with Crippen molar-refractivity contribution in [1.82, 2.24) is 15.0 Å². The summed E-state index contributed by atoms with van der Waals surface area (Å²) in [5.74, 6) is 1.40. The summed E-state index contributed by atoms with van der Waals surface area (Å²) >= 11 is 6.43. The summed E-state index contributed by atoms with van der Waals surface area (Å²) in [6.45, 7) is 0. The number of imidazole rings is 1. The van der Waals surface area contributed by atoms with E-state index < -0.39 is 0 Å². The molecule has 6 nitrogen and oxygen atoms in total. The number of ether oxygens (including phenoxy) is 1. The second-order valence-corrected chi connectivity index (χ2v) is 7.87. The average Bonchev–Trinajstić information content (AvgIpc) is 3.37. The van der Waals surface area contributed by atoms with Crippen molar-refractivity contribution in [1.29, 1.82) is 0 Å². The fourth-order valence-electron chi connectivity index (χ4n) is 3.39. The van der Waals surface area contributed by atoms with Crippen molar-refractivity contribution in [3.63, 3.8) is 0 Å². The van der Waals surface area contributed by atoms with Crippen molar-refractivity contribution >= 4 is 23.2 Å². The Balaban J connectivity index is 1.31. The molecule has 0 bridgehead atoms. The van der Waals surface area contributed by atoms with Gasteiger partial charge in [0.25, 0.3) is 5.91 Å². The second-order valence-electron chi connectivity index (χ2n) is 7.46. The Morgan fingerprint density at radius 1 is 0.853 bits per heavy atom. The van der Waals surface area contributed by atoms with E-state index in [1.807, 2.05) is 60.7 Å². The standard InChI is InChI=1S/C27H19ClN4O2/c28-23-13-12-20(15-22(23)26-30-17-24(32-26)18-7-3-1-4-8-18)31-27(33)19-11-14-25(29-16-19)34-21-9-5-2-6-10-21/h1-17H,(H,30,32)(H,31,33). The van der Waals surface area contributed by atoms with Crippen molar-refractivity contribution in [3.05, 3.63) is 114 Å². The second kappa shape index (κ2) is 9.60. The first kappa shape index (κ1) is 21.4. The summed E-state index contributed by atoms with van der Waals surface area (Å²) < 4.78 is 5.68. The molecular formula is C27H19ClN4O2. The van der Waals surface area contributed by atoms with E-state index in [1.165, 1.54) is 6.20 Å². The molecule has 2 heterocycles. The lowest BCUT2D eigenvalue weighted by molar-refractivity contribution is 0.102. The maximum absolute atomic E-state index is 12.8. The van der Waals surface area contributed by atoms with Crippen LogP contribution in [0.4, 0.5) is 5.69 Å². The van der Waals surface area contributed by atoms with Gasteiger partial charge in [-0.15, -0.1) is 0 Å². The van der Waals surface area contributed by atoms with E-state index >= 15 is 0 Å². The number of amides is 1. The number of carbonyl (C=O) groups is 1. The van der Waals surface area contributed by atoms with Crippen LogP contribution in [0.1, 0.15) is 10.4 Å². The molecule has 34 heavy (non-hydrogen) atoms. The van der Waals surface area contributed by atoms with Crippen LogP contribution in [0, 0.1) is 0 Å². The fraction of sp³-hybridized carbons (Fsp3) is 0. The Bertz CT molecular complexity index is 1420. The zero-order valence-electron chi connectivity index (χ0n) is 17.9. The van der Waals surface area contributed by atoms with Gasteiger partial charge < -0.3 is 15.0 Å². The Kier molecular flexibility index (Phi) is 6.05. The van der Waals surface area contributed by atoms with Gasteiger partial charge in [0.05, 0.1) is 22.5 Å². The third-order valence-electron chi connectivity index (χ3n) is 5.10. The maximum atomic E-state index is 12.8. The zero-order chi connectivity index (χ0) is 23.3. The molecule has 0 fully saturated rings. The Hall–Kier alpha value is -4.42. The largest absolute Gasteiger partial charge is 0.439 e. The summed E-state index contributed by atoms with van der Waals surface area (Å²) in [5.41, 5.74) is 3.58. The van der Waals surface area contributed by atoms with Crippen molar-refractivity contribution in [2.24, 2.45) is 0 Å². The van der Waals surface area contributed by atoms with Crippen LogP contribution in [0.3, 0.4) is 0 Å². The third-order valence-corrected chi connectivity index (χ3v) is 5.43. The van der Waals surface area contributed by atoms with Crippen molar-refractivity contribution in [2.75, 3.05) is 5.32 Å². The predicted molar refractivity (Wildman–Crippen MR) is 133 cm³/mol. The quantitative estimate of drug-likeness (QED) is 0.287. The number of H-pyrrole nitrogens is 1. The minimum absolute atomic E-state index is 0.295. The minimum Gasteiger partial charge on any atom is -0.439 e. The highest BCUT2D eigenvalue weighted by molar-refractivity contribution is 6.33. The molecule has 1 amide bonds. The highest BCUT2D eigenvalue weighted by Gasteiger charge is 2.13. The molecule has 0 radical (unpaired) electrons. The topological polar surface area (TPSA) is 79.9 Å². The van der Waals surface area contributed by atoms with E-state index in [2.05, 4.69) is 20.3 Å². The number of aromatic amines is 1. The van der Waals surface area contributed by atoms with Gasteiger partial charge in [-0.1, -0.05) is 60.1 Å². The molecule has 3 aromatic carbocycles. The van der Waals surface area contributed by atoms with Crippen LogP contribution in [-0.4, -0.2) is 20.9 Å². The number of hydrogen-bond donors (Lipinski definition) is 2. The monoisotopic (exact) mass is 466 g/mol. The summed E-state index contributed by atoms with van der Waals surface area (Å²) in [5, 5.41) is 3.41. The van der Waals surface area contributed by atoms with Crippen LogP contribution in [0.2, 0.25) is 5.02 Å². The first-order valence-electron chi connectivity index (χ1n) is 10.6.